The molecular formula is C19H29ClN2. The van der Waals surface area contributed by atoms with Gasteiger partial charge in [-0.2, -0.15) is 0 Å². The largest absolute Gasteiger partial charge is 0.381 e. The highest BCUT2D eigenvalue weighted by Gasteiger charge is 2.28. The molecule has 0 amide bonds. The van der Waals surface area contributed by atoms with Crippen LogP contribution in [0.25, 0.3) is 0 Å². The van der Waals surface area contributed by atoms with Crippen LogP contribution in [0.2, 0.25) is 5.02 Å². The standard InChI is InChI=1S/C19H29ClN2/c1-2-17-19(20)18(12-13-21-17)22-16-10-8-15(9-11-16)14-6-4-3-5-7-14/h12-16H,2-11H2,1H3,(H,21,22). The Morgan fingerprint density at radius 3 is 2.41 bits per heavy atom. The van der Waals surface area contributed by atoms with Crippen LogP contribution in [0, 0.1) is 11.8 Å². The third kappa shape index (κ3) is 3.76. The predicted molar refractivity (Wildman–Crippen MR) is 94.6 cm³/mol. The summed E-state index contributed by atoms with van der Waals surface area (Å²) in [6.45, 7) is 2.10. The molecule has 0 saturated heterocycles. The zero-order valence-electron chi connectivity index (χ0n) is 13.8. The van der Waals surface area contributed by atoms with Crippen molar-refractivity contribution in [2.24, 2.45) is 11.8 Å². The van der Waals surface area contributed by atoms with Gasteiger partial charge in [0.15, 0.2) is 0 Å². The Hall–Kier alpha value is -0.760. The number of halogens is 1. The van der Waals surface area contributed by atoms with Crippen molar-refractivity contribution in [2.45, 2.75) is 77.2 Å². The molecule has 1 aromatic heterocycles. The summed E-state index contributed by atoms with van der Waals surface area (Å²) in [7, 11) is 0. The van der Waals surface area contributed by atoms with Crippen molar-refractivity contribution in [1.29, 1.82) is 0 Å². The summed E-state index contributed by atoms with van der Waals surface area (Å²) in [5.74, 6) is 2.00. The van der Waals surface area contributed by atoms with Crippen molar-refractivity contribution >= 4 is 17.3 Å². The summed E-state index contributed by atoms with van der Waals surface area (Å²) in [4.78, 5) is 4.35. The Balaban J connectivity index is 1.53. The molecule has 0 atom stereocenters. The molecule has 2 fully saturated rings. The highest BCUT2D eigenvalue weighted by molar-refractivity contribution is 6.33. The Kier molecular flexibility index (Phi) is 5.62. The van der Waals surface area contributed by atoms with E-state index in [1.165, 1.54) is 57.8 Å². The minimum Gasteiger partial charge on any atom is -0.381 e. The fourth-order valence-corrected chi connectivity index (χ4v) is 4.71. The van der Waals surface area contributed by atoms with Crippen LogP contribution in [0.4, 0.5) is 5.69 Å². The number of anilines is 1. The first-order chi connectivity index (χ1) is 10.8. The molecule has 2 nitrogen and oxygen atoms in total. The molecule has 2 aliphatic carbocycles. The summed E-state index contributed by atoms with van der Waals surface area (Å²) in [6, 6.07) is 2.61. The van der Waals surface area contributed by atoms with Gasteiger partial charge < -0.3 is 5.32 Å². The van der Waals surface area contributed by atoms with Gasteiger partial charge in [0.1, 0.15) is 0 Å². The molecule has 0 unspecified atom stereocenters. The fourth-order valence-electron chi connectivity index (χ4n) is 4.41. The van der Waals surface area contributed by atoms with Gasteiger partial charge in [0.05, 0.1) is 16.4 Å². The van der Waals surface area contributed by atoms with Crippen LogP contribution in [-0.4, -0.2) is 11.0 Å². The van der Waals surface area contributed by atoms with E-state index in [9.17, 15) is 0 Å². The van der Waals surface area contributed by atoms with Gasteiger partial charge in [-0.1, -0.05) is 50.6 Å². The molecule has 0 radical (unpaired) electrons. The highest BCUT2D eigenvalue weighted by atomic mass is 35.5. The molecule has 0 aromatic carbocycles. The SMILES string of the molecule is CCc1nccc(NC2CCC(C3CCCCC3)CC2)c1Cl. The molecule has 22 heavy (non-hydrogen) atoms. The lowest BCUT2D eigenvalue weighted by atomic mass is 9.72. The van der Waals surface area contributed by atoms with E-state index in [1.54, 1.807) is 0 Å². The maximum atomic E-state index is 6.45. The Bertz CT molecular complexity index is 474. The number of hydrogen-bond donors (Lipinski definition) is 1. The molecule has 1 N–H and O–H groups in total. The molecular weight excluding hydrogens is 292 g/mol. The van der Waals surface area contributed by atoms with E-state index >= 15 is 0 Å². The molecule has 0 spiro atoms. The van der Waals surface area contributed by atoms with Crippen molar-refractivity contribution in [3.63, 3.8) is 0 Å². The molecule has 1 aromatic rings. The van der Waals surface area contributed by atoms with Gasteiger partial charge in [0.2, 0.25) is 0 Å². The minimum absolute atomic E-state index is 0.587. The second-order valence-corrected chi connectivity index (χ2v) is 7.50. The van der Waals surface area contributed by atoms with Crippen LogP contribution in [0.1, 0.15) is 70.4 Å². The fraction of sp³-hybridized carbons (Fsp3) is 0.737. The lowest BCUT2D eigenvalue weighted by Gasteiger charge is -2.36. The third-order valence-electron chi connectivity index (χ3n) is 5.74. The van der Waals surface area contributed by atoms with Crippen molar-refractivity contribution in [3.05, 3.63) is 23.0 Å². The summed E-state index contributed by atoms with van der Waals surface area (Å²) in [5.41, 5.74) is 2.08. The van der Waals surface area contributed by atoms with Crippen molar-refractivity contribution in [2.75, 3.05) is 5.32 Å². The molecule has 2 saturated carbocycles. The van der Waals surface area contributed by atoms with E-state index < -0.39 is 0 Å². The summed E-state index contributed by atoms with van der Waals surface area (Å²) in [5, 5.41) is 4.49. The smallest absolute Gasteiger partial charge is 0.0852 e. The number of aromatic nitrogens is 1. The maximum Gasteiger partial charge on any atom is 0.0852 e. The average Bonchev–Trinajstić information content (AvgIpc) is 2.58. The Labute approximate surface area is 140 Å². The van der Waals surface area contributed by atoms with Crippen LogP contribution in [-0.2, 0) is 6.42 Å². The molecule has 2 aliphatic rings. The van der Waals surface area contributed by atoms with Crippen molar-refractivity contribution in [3.8, 4) is 0 Å². The topological polar surface area (TPSA) is 24.9 Å². The average molecular weight is 321 g/mol. The van der Waals surface area contributed by atoms with Gasteiger partial charge in [-0.25, -0.2) is 0 Å². The molecule has 1 heterocycles. The number of rotatable bonds is 4. The van der Waals surface area contributed by atoms with Gasteiger partial charge in [-0.3, -0.25) is 4.98 Å². The van der Waals surface area contributed by atoms with E-state index in [-0.39, 0.29) is 0 Å². The molecule has 122 valence electrons. The van der Waals surface area contributed by atoms with Gasteiger partial charge in [-0.15, -0.1) is 0 Å². The van der Waals surface area contributed by atoms with Crippen LogP contribution in [0.3, 0.4) is 0 Å². The maximum absolute atomic E-state index is 6.45. The second kappa shape index (κ2) is 7.68. The summed E-state index contributed by atoms with van der Waals surface area (Å²) in [6.07, 6.45) is 15.5. The van der Waals surface area contributed by atoms with Crippen LogP contribution < -0.4 is 5.32 Å². The van der Waals surface area contributed by atoms with Gasteiger partial charge in [0.25, 0.3) is 0 Å². The van der Waals surface area contributed by atoms with Crippen LogP contribution in [0.5, 0.6) is 0 Å². The summed E-state index contributed by atoms with van der Waals surface area (Å²) >= 11 is 6.45. The number of pyridine rings is 1. The first kappa shape index (κ1) is 16.1. The van der Waals surface area contributed by atoms with Gasteiger partial charge in [-0.05, 0) is 50.0 Å². The zero-order chi connectivity index (χ0) is 15.4. The molecule has 0 bridgehead atoms. The van der Waals surface area contributed by atoms with Crippen molar-refractivity contribution < 1.29 is 0 Å². The molecule has 0 aliphatic heterocycles. The van der Waals surface area contributed by atoms with E-state index in [0.717, 1.165) is 34.7 Å². The first-order valence-electron chi connectivity index (χ1n) is 9.17. The number of nitrogens with one attached hydrogen (secondary N) is 1. The zero-order valence-corrected chi connectivity index (χ0v) is 14.5. The lowest BCUT2D eigenvalue weighted by Crippen LogP contribution is -2.30. The first-order valence-corrected chi connectivity index (χ1v) is 9.55. The van der Waals surface area contributed by atoms with Gasteiger partial charge >= 0.3 is 0 Å². The van der Waals surface area contributed by atoms with Crippen LogP contribution >= 0.6 is 11.6 Å². The van der Waals surface area contributed by atoms with Gasteiger partial charge in [0, 0.05) is 12.2 Å². The quantitative estimate of drug-likeness (QED) is 0.752. The number of aryl methyl sites for hydroxylation is 1. The lowest BCUT2D eigenvalue weighted by molar-refractivity contribution is 0.190. The predicted octanol–water partition coefficient (Wildman–Crippen LogP) is 5.85. The van der Waals surface area contributed by atoms with Crippen LogP contribution in [0.15, 0.2) is 12.3 Å². The minimum atomic E-state index is 0.587. The highest BCUT2D eigenvalue weighted by Crippen LogP contribution is 2.39. The van der Waals surface area contributed by atoms with E-state index in [1.807, 2.05) is 12.3 Å². The molecule has 3 rings (SSSR count). The number of hydrogen-bond acceptors (Lipinski definition) is 2. The summed E-state index contributed by atoms with van der Waals surface area (Å²) < 4.78 is 0. The van der Waals surface area contributed by atoms with E-state index in [4.69, 9.17) is 11.6 Å². The van der Waals surface area contributed by atoms with E-state index in [2.05, 4.69) is 17.2 Å². The number of nitrogens with zero attached hydrogens (tertiary/aromatic N) is 1. The monoisotopic (exact) mass is 320 g/mol. The third-order valence-corrected chi connectivity index (χ3v) is 6.17. The molecule has 3 heteroatoms. The Morgan fingerprint density at radius 2 is 1.73 bits per heavy atom. The van der Waals surface area contributed by atoms with Crippen molar-refractivity contribution in [1.82, 2.24) is 4.98 Å². The normalized spacial score (nSPS) is 26.8. The second-order valence-electron chi connectivity index (χ2n) is 7.13. The van der Waals surface area contributed by atoms with E-state index in [0.29, 0.717) is 6.04 Å². The Morgan fingerprint density at radius 1 is 1.05 bits per heavy atom.